The van der Waals surface area contributed by atoms with Crippen molar-refractivity contribution in [2.75, 3.05) is 5.32 Å². The Bertz CT molecular complexity index is 1770. The number of amides is 2. The van der Waals surface area contributed by atoms with Crippen LogP contribution in [0.4, 0.5) is 10.1 Å². The lowest BCUT2D eigenvalue weighted by atomic mass is 10.1. The molecule has 218 valence electrons. The average molecular weight is 641 g/mol. The van der Waals surface area contributed by atoms with E-state index in [9.17, 15) is 14.0 Å². The number of carbonyl (C=O) groups excluding carboxylic acids is 2. The molecule has 5 aromatic rings. The molecule has 0 fully saturated rings. The van der Waals surface area contributed by atoms with Gasteiger partial charge in [-0.25, -0.2) is 4.39 Å². The molecule has 0 aliphatic rings. The van der Waals surface area contributed by atoms with E-state index in [-0.39, 0.29) is 30.3 Å². The number of aryl methyl sites for hydroxylation is 1. The van der Waals surface area contributed by atoms with Gasteiger partial charge in [-0.3, -0.25) is 9.59 Å². The monoisotopic (exact) mass is 639 g/mol. The third-order valence-electron chi connectivity index (χ3n) is 7.01. The van der Waals surface area contributed by atoms with Gasteiger partial charge in [0, 0.05) is 39.6 Å². The van der Waals surface area contributed by atoms with E-state index in [0.29, 0.717) is 22.7 Å². The number of nitrogens with zero attached hydrogens (tertiary/aromatic N) is 1. The SMILES string of the molecule is CC(=O)Nc1cc(C(=O)NC(C)c2ccccc2)cc(-n2c(C)ccc2-c2cc(Br)ccc2OCc2ccc(F)cc2)c1. The minimum Gasteiger partial charge on any atom is -0.488 e. The number of rotatable bonds is 9. The van der Waals surface area contributed by atoms with Crippen LogP contribution >= 0.6 is 15.9 Å². The number of halogens is 2. The summed E-state index contributed by atoms with van der Waals surface area (Å²) in [5.41, 5.74) is 6.00. The maximum atomic E-state index is 13.5. The van der Waals surface area contributed by atoms with Crippen molar-refractivity contribution in [3.63, 3.8) is 0 Å². The highest BCUT2D eigenvalue weighted by Gasteiger charge is 2.19. The van der Waals surface area contributed by atoms with Crippen LogP contribution in [-0.2, 0) is 11.4 Å². The fraction of sp³-hybridized carbons (Fsp3) is 0.143. The first kappa shape index (κ1) is 29.8. The third-order valence-corrected chi connectivity index (χ3v) is 7.50. The summed E-state index contributed by atoms with van der Waals surface area (Å²) in [5.74, 6) is -0.166. The molecule has 1 heterocycles. The Morgan fingerprint density at radius 1 is 0.930 bits per heavy atom. The smallest absolute Gasteiger partial charge is 0.251 e. The van der Waals surface area contributed by atoms with Crippen LogP contribution in [0, 0.1) is 12.7 Å². The lowest BCUT2D eigenvalue weighted by molar-refractivity contribution is -0.114. The summed E-state index contributed by atoms with van der Waals surface area (Å²) < 4.78 is 22.5. The number of hydrogen-bond acceptors (Lipinski definition) is 3. The molecule has 0 radical (unpaired) electrons. The van der Waals surface area contributed by atoms with E-state index in [1.54, 1.807) is 18.2 Å². The van der Waals surface area contributed by atoms with Gasteiger partial charge in [-0.1, -0.05) is 58.4 Å². The van der Waals surface area contributed by atoms with E-state index in [1.807, 2.05) is 91.2 Å². The van der Waals surface area contributed by atoms with E-state index >= 15 is 0 Å². The lowest BCUT2D eigenvalue weighted by Gasteiger charge is -2.19. The summed E-state index contributed by atoms with van der Waals surface area (Å²) in [5, 5.41) is 5.91. The van der Waals surface area contributed by atoms with Crippen LogP contribution in [0.5, 0.6) is 5.75 Å². The van der Waals surface area contributed by atoms with E-state index < -0.39 is 0 Å². The number of nitrogens with one attached hydrogen (secondary N) is 2. The fourth-order valence-electron chi connectivity index (χ4n) is 4.91. The highest BCUT2D eigenvalue weighted by Crippen LogP contribution is 2.37. The first-order valence-corrected chi connectivity index (χ1v) is 14.6. The topological polar surface area (TPSA) is 72.4 Å². The van der Waals surface area contributed by atoms with Crippen molar-refractivity contribution in [2.45, 2.75) is 33.4 Å². The van der Waals surface area contributed by atoms with Crippen molar-refractivity contribution in [1.29, 1.82) is 0 Å². The third kappa shape index (κ3) is 7.21. The molecule has 0 spiro atoms. The number of aromatic nitrogens is 1. The molecule has 1 aromatic heterocycles. The number of ether oxygens (including phenoxy) is 1. The van der Waals surface area contributed by atoms with Crippen molar-refractivity contribution >= 4 is 33.4 Å². The van der Waals surface area contributed by atoms with E-state index in [0.717, 1.165) is 32.6 Å². The van der Waals surface area contributed by atoms with Gasteiger partial charge in [-0.2, -0.15) is 0 Å². The Kier molecular flexibility index (Phi) is 9.07. The molecule has 1 atom stereocenters. The number of carbonyl (C=O) groups is 2. The van der Waals surface area contributed by atoms with Gasteiger partial charge >= 0.3 is 0 Å². The Balaban J connectivity index is 1.53. The summed E-state index contributed by atoms with van der Waals surface area (Å²) in [6.07, 6.45) is 0. The maximum absolute atomic E-state index is 13.5. The molecule has 2 N–H and O–H groups in total. The van der Waals surface area contributed by atoms with E-state index in [4.69, 9.17) is 4.74 Å². The molecule has 8 heteroatoms. The van der Waals surface area contributed by atoms with Crippen LogP contribution in [0.1, 0.15) is 47.1 Å². The van der Waals surface area contributed by atoms with Gasteiger partial charge in [0.05, 0.1) is 11.7 Å². The molecule has 43 heavy (non-hydrogen) atoms. The van der Waals surface area contributed by atoms with Crippen LogP contribution in [0.25, 0.3) is 16.9 Å². The number of benzene rings is 4. The standard InChI is InChI=1S/C35H31BrFN3O3/c1-22-9-15-33(32-19-28(36)12-16-34(32)43-21-25-10-13-29(37)14-11-25)40(22)31-18-27(17-30(20-31)39-24(3)41)35(42)38-23(2)26-7-5-4-6-8-26/h4-20,23H,21H2,1-3H3,(H,38,42)(H,39,41). The van der Waals surface area contributed by atoms with Crippen LogP contribution in [0.2, 0.25) is 0 Å². The summed E-state index contributed by atoms with van der Waals surface area (Å²) in [6.45, 7) is 5.60. The van der Waals surface area contributed by atoms with Gasteiger partial charge in [-0.15, -0.1) is 0 Å². The second kappa shape index (κ2) is 13.1. The lowest BCUT2D eigenvalue weighted by Crippen LogP contribution is -2.27. The summed E-state index contributed by atoms with van der Waals surface area (Å²) >= 11 is 3.59. The average Bonchev–Trinajstić information content (AvgIpc) is 3.38. The van der Waals surface area contributed by atoms with Gasteiger partial charge in [0.2, 0.25) is 5.91 Å². The van der Waals surface area contributed by atoms with Gasteiger partial charge in [0.15, 0.2) is 0 Å². The first-order chi connectivity index (χ1) is 20.7. The number of anilines is 1. The Hall–Kier alpha value is -4.69. The molecule has 4 aromatic carbocycles. The van der Waals surface area contributed by atoms with Crippen molar-refractivity contribution in [3.05, 3.63) is 136 Å². The maximum Gasteiger partial charge on any atom is 0.251 e. The van der Waals surface area contributed by atoms with Crippen LogP contribution in [0.15, 0.2) is 108 Å². The summed E-state index contributed by atoms with van der Waals surface area (Å²) in [4.78, 5) is 25.5. The second-order valence-electron chi connectivity index (χ2n) is 10.3. The van der Waals surface area contributed by atoms with Crippen LogP contribution in [-0.4, -0.2) is 16.4 Å². The van der Waals surface area contributed by atoms with Gasteiger partial charge in [0.1, 0.15) is 18.2 Å². The highest BCUT2D eigenvalue weighted by molar-refractivity contribution is 9.10. The van der Waals surface area contributed by atoms with E-state index in [1.165, 1.54) is 19.1 Å². The van der Waals surface area contributed by atoms with Gasteiger partial charge in [0.25, 0.3) is 5.91 Å². The van der Waals surface area contributed by atoms with Crippen molar-refractivity contribution < 1.29 is 18.7 Å². The minimum absolute atomic E-state index is 0.215. The van der Waals surface area contributed by atoms with Crippen molar-refractivity contribution in [1.82, 2.24) is 9.88 Å². The van der Waals surface area contributed by atoms with Crippen LogP contribution in [0.3, 0.4) is 0 Å². The fourth-order valence-corrected chi connectivity index (χ4v) is 5.27. The molecule has 0 bridgehead atoms. The number of hydrogen-bond donors (Lipinski definition) is 2. The van der Waals surface area contributed by atoms with Crippen molar-refractivity contribution in [3.8, 4) is 22.7 Å². The Labute approximate surface area is 258 Å². The van der Waals surface area contributed by atoms with Crippen LogP contribution < -0.4 is 15.4 Å². The minimum atomic E-state index is -0.301. The molecule has 5 rings (SSSR count). The van der Waals surface area contributed by atoms with Gasteiger partial charge in [-0.05, 0) is 85.6 Å². The molecule has 0 aliphatic heterocycles. The molecule has 0 aliphatic carbocycles. The van der Waals surface area contributed by atoms with E-state index in [2.05, 4.69) is 26.6 Å². The summed E-state index contributed by atoms with van der Waals surface area (Å²) in [6, 6.07) is 30.8. The quantitative estimate of drug-likeness (QED) is 0.170. The molecule has 0 saturated heterocycles. The zero-order chi connectivity index (χ0) is 30.5. The Morgan fingerprint density at radius 3 is 2.40 bits per heavy atom. The summed E-state index contributed by atoms with van der Waals surface area (Å²) in [7, 11) is 0. The predicted molar refractivity (Wildman–Crippen MR) is 171 cm³/mol. The highest BCUT2D eigenvalue weighted by atomic mass is 79.9. The molecule has 2 amide bonds. The zero-order valence-electron chi connectivity index (χ0n) is 24.0. The van der Waals surface area contributed by atoms with Crippen molar-refractivity contribution in [2.24, 2.45) is 0 Å². The molecule has 0 saturated carbocycles. The molecular formula is C35H31BrFN3O3. The Morgan fingerprint density at radius 2 is 1.67 bits per heavy atom. The molecule has 6 nitrogen and oxygen atoms in total. The molecule has 1 unspecified atom stereocenters. The second-order valence-corrected chi connectivity index (χ2v) is 11.2. The van der Waals surface area contributed by atoms with Gasteiger partial charge < -0.3 is 19.9 Å². The zero-order valence-corrected chi connectivity index (χ0v) is 25.6. The first-order valence-electron chi connectivity index (χ1n) is 13.8. The normalized spacial score (nSPS) is 11.6. The predicted octanol–water partition coefficient (Wildman–Crippen LogP) is 8.38. The molecular weight excluding hydrogens is 609 g/mol. The largest absolute Gasteiger partial charge is 0.488 e.